The first kappa shape index (κ1) is 19.1. The van der Waals surface area contributed by atoms with Gasteiger partial charge in [0, 0.05) is 11.7 Å². The highest BCUT2D eigenvalue weighted by Crippen LogP contribution is 2.40. The number of amides is 2. The molecule has 25 heavy (non-hydrogen) atoms. The first-order valence-corrected chi connectivity index (χ1v) is 7.98. The predicted octanol–water partition coefficient (Wildman–Crippen LogP) is 3.90. The van der Waals surface area contributed by atoms with Gasteiger partial charge in [-0.3, -0.25) is 10.1 Å². The number of nitrogens with one attached hydrogen (secondary N) is 2. The highest BCUT2D eigenvalue weighted by molar-refractivity contribution is 5.96. The summed E-state index contributed by atoms with van der Waals surface area (Å²) in [6.07, 6.45) is -4.39. The molecule has 0 unspecified atom stereocenters. The lowest BCUT2D eigenvalue weighted by Gasteiger charge is -2.33. The number of rotatable bonds is 3. The fourth-order valence-corrected chi connectivity index (χ4v) is 3.06. The number of imide groups is 1. The highest BCUT2D eigenvalue weighted by Gasteiger charge is 2.36. The Labute approximate surface area is 143 Å². The van der Waals surface area contributed by atoms with Gasteiger partial charge in [0.15, 0.2) is 0 Å². The molecule has 0 saturated heterocycles. The van der Waals surface area contributed by atoms with Crippen molar-refractivity contribution < 1.29 is 27.5 Å². The Balaban J connectivity index is 2.38. The topological polar surface area (TPSA) is 67.4 Å². The lowest BCUT2D eigenvalue weighted by Crippen LogP contribution is -2.40. The smallest absolute Gasteiger partial charge is 0.416 e. The second kappa shape index (κ2) is 7.33. The van der Waals surface area contributed by atoms with Gasteiger partial charge in [0.25, 0.3) is 0 Å². The first-order chi connectivity index (χ1) is 11.6. The first-order valence-electron chi connectivity index (χ1n) is 7.98. The summed E-state index contributed by atoms with van der Waals surface area (Å²) >= 11 is 0. The third kappa shape index (κ3) is 4.64. The molecule has 0 fully saturated rings. The predicted molar refractivity (Wildman–Crippen MR) is 86.2 cm³/mol. The van der Waals surface area contributed by atoms with E-state index in [-0.39, 0.29) is 11.6 Å². The average Bonchev–Trinajstić information content (AvgIpc) is 2.51. The molecular formula is C17H21F3N2O3. The number of benzene rings is 1. The minimum atomic E-state index is -4.51. The number of carbonyl (C=O) groups is 2. The molecule has 0 spiro atoms. The van der Waals surface area contributed by atoms with Crippen LogP contribution in [0.3, 0.4) is 0 Å². The quantitative estimate of drug-likeness (QED) is 0.860. The van der Waals surface area contributed by atoms with Crippen LogP contribution in [-0.4, -0.2) is 25.2 Å². The largest absolute Gasteiger partial charge is 0.453 e. The van der Waals surface area contributed by atoms with Crippen molar-refractivity contribution in [3.8, 4) is 0 Å². The average molecular weight is 358 g/mol. The Morgan fingerprint density at radius 2 is 2.04 bits per heavy atom. The Kier molecular flexibility index (Phi) is 5.59. The van der Waals surface area contributed by atoms with Crippen molar-refractivity contribution in [1.29, 1.82) is 0 Å². The van der Waals surface area contributed by atoms with E-state index >= 15 is 0 Å². The van der Waals surface area contributed by atoms with Crippen molar-refractivity contribution in [2.75, 3.05) is 12.4 Å². The number of carbonyl (C=O) groups excluding carboxylic acids is 2. The number of alkyl halides is 3. The molecule has 0 bridgehead atoms. The normalized spacial score (nSPS) is 19.8. The number of anilines is 1. The molecule has 8 heteroatoms. The van der Waals surface area contributed by atoms with Gasteiger partial charge in [0.2, 0.25) is 5.91 Å². The molecule has 2 atom stereocenters. The molecule has 2 rings (SSSR count). The summed E-state index contributed by atoms with van der Waals surface area (Å²) in [5, 5.41) is 5.26. The van der Waals surface area contributed by atoms with E-state index in [2.05, 4.69) is 15.4 Å². The van der Waals surface area contributed by atoms with E-state index in [1.54, 1.807) is 0 Å². The van der Waals surface area contributed by atoms with Crippen LogP contribution >= 0.6 is 0 Å². The third-order valence-electron chi connectivity index (χ3n) is 4.12. The van der Waals surface area contributed by atoms with Crippen LogP contribution in [0.4, 0.5) is 23.7 Å². The van der Waals surface area contributed by atoms with Crippen LogP contribution in [0.15, 0.2) is 18.2 Å². The number of alkyl carbamates (subject to hydrolysis) is 1. The van der Waals surface area contributed by atoms with Crippen LogP contribution in [0.1, 0.15) is 43.7 Å². The van der Waals surface area contributed by atoms with E-state index in [0.717, 1.165) is 25.7 Å². The lowest BCUT2D eigenvalue weighted by atomic mass is 9.83. The molecule has 2 amide bonds. The summed E-state index contributed by atoms with van der Waals surface area (Å²) in [5.74, 6) is -1.18. The molecule has 1 aromatic carbocycles. The van der Waals surface area contributed by atoms with Crippen LogP contribution in [0.2, 0.25) is 0 Å². The van der Waals surface area contributed by atoms with Crippen LogP contribution in [0.25, 0.3) is 0 Å². The maximum atomic E-state index is 13.0. The Morgan fingerprint density at radius 3 is 2.60 bits per heavy atom. The van der Waals surface area contributed by atoms with Crippen molar-refractivity contribution in [3.63, 3.8) is 0 Å². The van der Waals surface area contributed by atoms with Crippen LogP contribution in [0.5, 0.6) is 0 Å². The molecule has 1 aliphatic rings. The number of halogens is 3. The second-order valence-electron chi connectivity index (χ2n) is 6.54. The van der Waals surface area contributed by atoms with E-state index < -0.39 is 29.7 Å². The van der Waals surface area contributed by atoms with E-state index in [1.807, 2.05) is 13.8 Å². The number of fused-ring (bicyclic) bond motifs is 1. The molecule has 1 aromatic rings. The number of ether oxygens (including phenoxy) is 1. The van der Waals surface area contributed by atoms with E-state index in [9.17, 15) is 22.8 Å². The van der Waals surface area contributed by atoms with Gasteiger partial charge in [-0.1, -0.05) is 13.8 Å². The Hall–Kier alpha value is -2.25. The van der Waals surface area contributed by atoms with E-state index in [0.29, 0.717) is 18.0 Å². The summed E-state index contributed by atoms with van der Waals surface area (Å²) in [6, 6.07) is 3.22. The van der Waals surface area contributed by atoms with Gasteiger partial charge in [-0.05, 0) is 42.5 Å². The highest BCUT2D eigenvalue weighted by atomic mass is 19.4. The van der Waals surface area contributed by atoms with Crippen LogP contribution in [-0.2, 0) is 15.7 Å². The van der Waals surface area contributed by atoms with E-state index in [4.69, 9.17) is 0 Å². The summed E-state index contributed by atoms with van der Waals surface area (Å²) in [6.45, 7) is 4.04. The van der Waals surface area contributed by atoms with Crippen LogP contribution < -0.4 is 10.6 Å². The van der Waals surface area contributed by atoms with Crippen molar-refractivity contribution >= 4 is 17.7 Å². The molecule has 2 N–H and O–H groups in total. The summed E-state index contributed by atoms with van der Waals surface area (Å²) in [4.78, 5) is 23.7. The van der Waals surface area contributed by atoms with Gasteiger partial charge in [-0.2, -0.15) is 13.2 Å². The molecule has 0 radical (unpaired) electrons. The number of hydrogen-bond donors (Lipinski definition) is 2. The molecular weight excluding hydrogens is 337 g/mol. The zero-order valence-corrected chi connectivity index (χ0v) is 14.2. The number of hydrogen-bond acceptors (Lipinski definition) is 4. The lowest BCUT2D eigenvalue weighted by molar-refractivity contribution is -0.137. The Bertz CT molecular complexity index is 659. The van der Waals surface area contributed by atoms with Crippen molar-refractivity contribution in [2.45, 2.75) is 44.8 Å². The van der Waals surface area contributed by atoms with Gasteiger partial charge in [0.1, 0.15) is 0 Å². The third-order valence-corrected chi connectivity index (χ3v) is 4.12. The van der Waals surface area contributed by atoms with Gasteiger partial charge >= 0.3 is 12.3 Å². The molecule has 0 aromatic heterocycles. The standard InChI is InChI=1S/C17H21F3N2O3/c1-9(2)6-11-8-13(15(23)22-16(24)25-3)12-7-10(17(18,19)20)4-5-14(12)21-11/h4-5,7,9,11,13,21H,6,8H2,1-3H3,(H,22,23,24)/t11-,13+/m0/s1. The van der Waals surface area contributed by atoms with Gasteiger partial charge < -0.3 is 10.1 Å². The maximum absolute atomic E-state index is 13.0. The van der Waals surface area contributed by atoms with E-state index in [1.165, 1.54) is 6.07 Å². The minimum absolute atomic E-state index is 0.0716. The second-order valence-corrected chi connectivity index (χ2v) is 6.54. The zero-order valence-electron chi connectivity index (χ0n) is 14.2. The molecule has 1 heterocycles. The minimum Gasteiger partial charge on any atom is -0.453 e. The molecule has 1 aliphatic heterocycles. The fraction of sp³-hybridized carbons (Fsp3) is 0.529. The summed E-state index contributed by atoms with van der Waals surface area (Å²) in [5.41, 5.74) is -0.114. The van der Waals surface area contributed by atoms with Gasteiger partial charge in [-0.25, -0.2) is 4.79 Å². The van der Waals surface area contributed by atoms with Crippen LogP contribution in [0, 0.1) is 5.92 Å². The molecule has 0 aliphatic carbocycles. The fourth-order valence-electron chi connectivity index (χ4n) is 3.06. The van der Waals surface area contributed by atoms with Gasteiger partial charge in [0.05, 0.1) is 18.6 Å². The van der Waals surface area contributed by atoms with Crippen molar-refractivity contribution in [1.82, 2.24) is 5.32 Å². The number of methoxy groups -OCH3 is 1. The molecule has 0 saturated carbocycles. The summed E-state index contributed by atoms with van der Waals surface area (Å²) in [7, 11) is 1.11. The van der Waals surface area contributed by atoms with Crippen molar-refractivity contribution in [2.24, 2.45) is 5.92 Å². The Morgan fingerprint density at radius 1 is 1.36 bits per heavy atom. The molecule has 138 valence electrons. The summed E-state index contributed by atoms with van der Waals surface area (Å²) < 4.78 is 43.4. The monoisotopic (exact) mass is 358 g/mol. The maximum Gasteiger partial charge on any atom is 0.416 e. The zero-order chi connectivity index (χ0) is 18.8. The SMILES string of the molecule is COC(=O)NC(=O)[C@@H]1C[C@H](CC(C)C)Nc2ccc(C(F)(F)F)cc21. The van der Waals surface area contributed by atoms with Gasteiger partial charge in [-0.15, -0.1) is 0 Å². The van der Waals surface area contributed by atoms with Crippen molar-refractivity contribution in [3.05, 3.63) is 29.3 Å². The molecule has 5 nitrogen and oxygen atoms in total.